The number of likely N-dealkylation sites (tertiary alicyclic amines) is 1. The third-order valence-electron chi connectivity index (χ3n) is 8.15. The van der Waals surface area contributed by atoms with E-state index in [2.05, 4.69) is 10.6 Å². The van der Waals surface area contributed by atoms with Crippen LogP contribution in [-0.4, -0.2) is 66.2 Å². The Labute approximate surface area is 255 Å². The van der Waals surface area contributed by atoms with Crippen LogP contribution in [-0.2, 0) is 25.7 Å². The first-order valence-electron chi connectivity index (χ1n) is 15.2. The van der Waals surface area contributed by atoms with Crippen molar-refractivity contribution in [1.82, 2.24) is 20.4 Å². The molecule has 1 heterocycles. The van der Waals surface area contributed by atoms with Crippen molar-refractivity contribution in [2.75, 3.05) is 26.2 Å². The molecule has 10 nitrogen and oxygen atoms in total. The third kappa shape index (κ3) is 8.34. The summed E-state index contributed by atoms with van der Waals surface area (Å²) in [5.74, 6) is -0.594. The molecule has 1 aliphatic heterocycles. The van der Waals surface area contributed by atoms with Crippen LogP contribution >= 0.6 is 0 Å². The molecule has 2 atom stereocenters. The molecular weight excluding hydrogens is 548 g/mol. The highest BCUT2D eigenvalue weighted by Gasteiger charge is 2.62. The van der Waals surface area contributed by atoms with Gasteiger partial charge in [-0.15, -0.1) is 0 Å². The molecule has 2 aromatic rings. The molecule has 43 heavy (non-hydrogen) atoms. The van der Waals surface area contributed by atoms with Gasteiger partial charge in [0, 0.05) is 19.6 Å². The van der Waals surface area contributed by atoms with Gasteiger partial charge in [-0.05, 0) is 44.2 Å². The Morgan fingerprint density at radius 3 is 2.28 bits per heavy atom. The van der Waals surface area contributed by atoms with Gasteiger partial charge >= 0.3 is 12.1 Å². The van der Waals surface area contributed by atoms with E-state index >= 15 is 0 Å². The molecule has 0 aliphatic carbocycles. The molecule has 0 unspecified atom stereocenters. The first kappa shape index (κ1) is 33.6. The van der Waals surface area contributed by atoms with Gasteiger partial charge < -0.3 is 25.0 Å². The van der Waals surface area contributed by atoms with Crippen molar-refractivity contribution >= 4 is 23.9 Å². The van der Waals surface area contributed by atoms with Crippen LogP contribution in [0.15, 0.2) is 54.6 Å². The molecule has 0 radical (unpaired) electrons. The molecule has 5 amide bonds. The van der Waals surface area contributed by atoms with Gasteiger partial charge in [-0.2, -0.15) is 0 Å². The predicted molar refractivity (Wildman–Crippen MR) is 164 cm³/mol. The Morgan fingerprint density at radius 1 is 1.00 bits per heavy atom. The monoisotopic (exact) mass is 594 g/mol. The van der Waals surface area contributed by atoms with Crippen molar-refractivity contribution in [2.45, 2.75) is 79.2 Å². The lowest BCUT2D eigenvalue weighted by Gasteiger charge is -2.53. The number of urea groups is 1. The van der Waals surface area contributed by atoms with Crippen LogP contribution in [0.4, 0.5) is 9.59 Å². The highest BCUT2D eigenvalue weighted by Crippen LogP contribution is 2.46. The molecule has 1 aliphatic rings. The molecule has 1 fully saturated rings. The number of hydrogen-bond donors (Lipinski definition) is 2. The Bertz CT molecular complexity index is 1220. The van der Waals surface area contributed by atoms with Gasteiger partial charge in [0.1, 0.15) is 13.2 Å². The van der Waals surface area contributed by atoms with Gasteiger partial charge in [0.05, 0.1) is 11.5 Å². The number of hydrogen-bond acceptors (Lipinski definition) is 6. The van der Waals surface area contributed by atoms with Crippen molar-refractivity contribution in [3.8, 4) is 0 Å². The summed E-state index contributed by atoms with van der Waals surface area (Å²) in [6, 6.07) is 16.5. The fraction of sp³-hybridized carbons (Fsp3) is 0.515. The number of aryl methyl sites for hydroxylation is 1. The number of carbonyl (C=O) groups is 4. The minimum Gasteiger partial charge on any atom is -0.445 e. The number of likely N-dealkylation sites (N-methyl/N-ethyl adjacent to an activating group) is 1. The number of β-lactam (4-membered cyclic amide) rings is 1. The summed E-state index contributed by atoms with van der Waals surface area (Å²) in [7, 11) is 0. The lowest BCUT2D eigenvalue weighted by atomic mass is 9.72. The second-order valence-electron chi connectivity index (χ2n) is 10.9. The predicted octanol–water partition coefficient (Wildman–Crippen LogP) is 5.31. The summed E-state index contributed by atoms with van der Waals surface area (Å²) in [6.07, 6.45) is 1.10. The zero-order valence-corrected chi connectivity index (χ0v) is 26.1. The number of benzene rings is 2. The second-order valence-corrected chi connectivity index (χ2v) is 10.9. The SMILES string of the molecule is CCC[C@@H](NC(=O)N1C(=O)C(CC)(CC)[C@@H]1OCC(=O)N(CC)CCNC(=O)OCc1ccccc1)c1ccc(C)cc1. The summed E-state index contributed by atoms with van der Waals surface area (Å²) >= 11 is 0. The number of rotatable bonds is 15. The number of nitrogens with one attached hydrogen (secondary N) is 2. The average Bonchev–Trinajstić information content (AvgIpc) is 3.01. The molecule has 0 bridgehead atoms. The fourth-order valence-corrected chi connectivity index (χ4v) is 5.36. The highest BCUT2D eigenvalue weighted by molar-refractivity contribution is 6.03. The molecule has 0 spiro atoms. The topological polar surface area (TPSA) is 117 Å². The van der Waals surface area contributed by atoms with Gasteiger partial charge in [0.15, 0.2) is 6.23 Å². The Hall–Kier alpha value is -3.92. The number of imide groups is 1. The first-order chi connectivity index (χ1) is 20.7. The van der Waals surface area contributed by atoms with Crippen LogP contribution in [0.1, 0.15) is 76.1 Å². The molecule has 1 saturated heterocycles. The van der Waals surface area contributed by atoms with Crippen molar-refractivity contribution in [2.24, 2.45) is 5.41 Å². The van der Waals surface area contributed by atoms with Crippen molar-refractivity contribution < 1.29 is 28.7 Å². The van der Waals surface area contributed by atoms with E-state index in [1.807, 2.05) is 89.2 Å². The van der Waals surface area contributed by atoms with E-state index in [4.69, 9.17) is 9.47 Å². The highest BCUT2D eigenvalue weighted by atomic mass is 16.5. The van der Waals surface area contributed by atoms with Crippen molar-refractivity contribution in [1.29, 1.82) is 0 Å². The zero-order chi connectivity index (χ0) is 31.4. The third-order valence-corrected chi connectivity index (χ3v) is 8.15. The zero-order valence-electron chi connectivity index (χ0n) is 26.1. The standard InChI is InChI=1S/C33H46N4O6/c1-6-13-27(26-18-16-24(5)17-19-26)35-31(40)37-29(39)33(7-2,8-3)30(37)42-23-28(38)36(9-4)21-20-34-32(41)43-22-25-14-11-10-12-15-25/h10-12,14-19,27,30H,6-9,13,20-23H2,1-5H3,(H,34,41)(H,35,40)/t27-,30+/m1/s1. The van der Waals surface area contributed by atoms with E-state index in [0.29, 0.717) is 25.8 Å². The summed E-state index contributed by atoms with van der Waals surface area (Å²) < 4.78 is 11.3. The lowest BCUT2D eigenvalue weighted by molar-refractivity contribution is -0.212. The normalized spacial score (nSPS) is 16.2. The van der Waals surface area contributed by atoms with E-state index in [9.17, 15) is 19.2 Å². The lowest BCUT2D eigenvalue weighted by Crippen LogP contribution is -2.72. The molecular formula is C33H46N4O6. The van der Waals surface area contributed by atoms with Crippen LogP contribution in [0.25, 0.3) is 0 Å². The number of alkyl carbamates (subject to hydrolysis) is 1. The van der Waals surface area contributed by atoms with Crippen LogP contribution in [0.2, 0.25) is 0 Å². The second kappa shape index (κ2) is 16.1. The average molecular weight is 595 g/mol. The number of ether oxygens (including phenoxy) is 2. The minimum absolute atomic E-state index is 0.155. The number of amides is 5. The molecule has 234 valence electrons. The summed E-state index contributed by atoms with van der Waals surface area (Å²) in [6.45, 7) is 10.4. The van der Waals surface area contributed by atoms with Gasteiger partial charge in [-0.25, -0.2) is 14.5 Å². The largest absolute Gasteiger partial charge is 0.445 e. The maximum absolute atomic E-state index is 13.4. The molecule has 2 N–H and O–H groups in total. The van der Waals surface area contributed by atoms with Gasteiger partial charge in [0.2, 0.25) is 11.8 Å². The van der Waals surface area contributed by atoms with Crippen LogP contribution < -0.4 is 10.6 Å². The molecule has 2 aromatic carbocycles. The Kier molecular flexibility index (Phi) is 12.5. The first-order valence-corrected chi connectivity index (χ1v) is 15.2. The maximum atomic E-state index is 13.4. The number of carbonyl (C=O) groups excluding carboxylic acids is 4. The van der Waals surface area contributed by atoms with Gasteiger partial charge in [-0.3, -0.25) is 9.59 Å². The van der Waals surface area contributed by atoms with Crippen LogP contribution in [0, 0.1) is 12.3 Å². The molecule has 0 saturated carbocycles. The van der Waals surface area contributed by atoms with Crippen LogP contribution in [0.5, 0.6) is 0 Å². The molecule has 10 heteroatoms. The smallest absolute Gasteiger partial charge is 0.407 e. The van der Waals surface area contributed by atoms with Gasteiger partial charge in [0.25, 0.3) is 0 Å². The molecule has 0 aromatic heterocycles. The van der Waals surface area contributed by atoms with Crippen molar-refractivity contribution in [3.05, 3.63) is 71.3 Å². The summed E-state index contributed by atoms with van der Waals surface area (Å²) in [4.78, 5) is 54.6. The molecule has 3 rings (SSSR count). The minimum atomic E-state index is -0.872. The Balaban J connectivity index is 1.57. The number of nitrogens with zero attached hydrogens (tertiary/aromatic N) is 2. The van der Waals surface area contributed by atoms with E-state index in [-0.39, 0.29) is 44.2 Å². The summed E-state index contributed by atoms with van der Waals surface area (Å²) in [5, 5.41) is 5.68. The fourth-order valence-electron chi connectivity index (χ4n) is 5.36. The van der Waals surface area contributed by atoms with Crippen LogP contribution in [0.3, 0.4) is 0 Å². The van der Waals surface area contributed by atoms with E-state index in [0.717, 1.165) is 28.0 Å². The Morgan fingerprint density at radius 2 is 1.67 bits per heavy atom. The van der Waals surface area contributed by atoms with Gasteiger partial charge in [-0.1, -0.05) is 87.4 Å². The van der Waals surface area contributed by atoms with E-state index < -0.39 is 23.8 Å². The quantitative estimate of drug-likeness (QED) is 0.270. The van der Waals surface area contributed by atoms with E-state index in [1.165, 1.54) is 0 Å². The summed E-state index contributed by atoms with van der Waals surface area (Å²) in [5.41, 5.74) is 2.10. The maximum Gasteiger partial charge on any atom is 0.407 e. The van der Waals surface area contributed by atoms with E-state index in [1.54, 1.807) is 4.90 Å². The van der Waals surface area contributed by atoms with Crippen molar-refractivity contribution in [3.63, 3.8) is 0 Å².